The van der Waals surface area contributed by atoms with Gasteiger partial charge >= 0.3 is 0 Å². The molecule has 2 atom stereocenters. The van der Waals surface area contributed by atoms with Crippen LogP contribution in [0.25, 0.3) is 0 Å². The molecule has 0 spiro atoms. The molecule has 1 fully saturated rings. The third-order valence-corrected chi connectivity index (χ3v) is 3.05. The summed E-state index contributed by atoms with van der Waals surface area (Å²) in [6.45, 7) is 5.99. The first-order valence-electron chi connectivity index (χ1n) is 6.39. The Hall–Kier alpha value is -1.10. The van der Waals surface area contributed by atoms with Crippen LogP contribution in [0.15, 0.2) is 24.3 Å². The van der Waals surface area contributed by atoms with Gasteiger partial charge in [0.25, 0.3) is 0 Å². The van der Waals surface area contributed by atoms with E-state index in [4.69, 9.17) is 4.74 Å². The van der Waals surface area contributed by atoms with Crippen LogP contribution in [0.1, 0.15) is 25.6 Å². The molecular weight excluding hydrogens is 230 g/mol. The Balaban J connectivity index is 2.17. The van der Waals surface area contributed by atoms with Gasteiger partial charge in [-0.05, 0) is 23.6 Å². The van der Waals surface area contributed by atoms with E-state index in [9.17, 15) is 10.2 Å². The van der Waals surface area contributed by atoms with Crippen molar-refractivity contribution in [2.24, 2.45) is 5.92 Å². The van der Waals surface area contributed by atoms with Gasteiger partial charge in [0.1, 0.15) is 12.0 Å². The highest BCUT2D eigenvalue weighted by Gasteiger charge is 2.33. The van der Waals surface area contributed by atoms with E-state index < -0.39 is 0 Å². The minimum atomic E-state index is -0.170. The van der Waals surface area contributed by atoms with Crippen molar-refractivity contribution in [3.05, 3.63) is 29.8 Å². The van der Waals surface area contributed by atoms with Crippen LogP contribution >= 0.6 is 0 Å². The molecule has 18 heavy (non-hydrogen) atoms. The predicted molar refractivity (Wildman–Crippen MR) is 69.2 cm³/mol. The number of aliphatic hydroxyl groups excluding tert-OH is 1. The fraction of sp³-hybridized carbons (Fsp3) is 0.571. The molecule has 2 rings (SSSR count). The van der Waals surface area contributed by atoms with Crippen LogP contribution in [0.3, 0.4) is 0 Å². The number of aliphatic hydroxyl groups is 1. The molecule has 4 heteroatoms. The average Bonchev–Trinajstić information content (AvgIpc) is 2.71. The van der Waals surface area contributed by atoms with Crippen LogP contribution in [0.4, 0.5) is 0 Å². The molecule has 2 N–H and O–H groups in total. The second-order valence-electron chi connectivity index (χ2n) is 5.24. The predicted octanol–water partition coefficient (Wildman–Crippen LogP) is 1.74. The van der Waals surface area contributed by atoms with E-state index in [-0.39, 0.29) is 24.7 Å². The molecule has 1 aliphatic heterocycles. The van der Waals surface area contributed by atoms with Gasteiger partial charge in [0.05, 0.1) is 12.7 Å². The Morgan fingerprint density at radius 1 is 1.44 bits per heavy atom. The summed E-state index contributed by atoms with van der Waals surface area (Å²) in [4.78, 5) is 2.21. The first-order valence-corrected chi connectivity index (χ1v) is 6.39. The maximum absolute atomic E-state index is 9.54. The van der Waals surface area contributed by atoms with Gasteiger partial charge in [0.2, 0.25) is 0 Å². The SMILES string of the molecule is CC(C)CN1CC(CO)OC1c1cccc(O)c1. The van der Waals surface area contributed by atoms with Crippen molar-refractivity contribution in [3.8, 4) is 5.75 Å². The van der Waals surface area contributed by atoms with Crippen molar-refractivity contribution in [2.75, 3.05) is 19.7 Å². The van der Waals surface area contributed by atoms with Crippen LogP contribution < -0.4 is 0 Å². The normalized spacial score (nSPS) is 24.9. The maximum Gasteiger partial charge on any atom is 0.137 e. The van der Waals surface area contributed by atoms with Crippen molar-refractivity contribution in [1.29, 1.82) is 0 Å². The first kappa shape index (κ1) is 13.3. The summed E-state index contributed by atoms with van der Waals surface area (Å²) < 4.78 is 5.83. The van der Waals surface area contributed by atoms with Crippen LogP contribution in [0, 0.1) is 5.92 Å². The lowest BCUT2D eigenvalue weighted by Crippen LogP contribution is -2.29. The summed E-state index contributed by atoms with van der Waals surface area (Å²) in [5, 5.41) is 18.8. The topological polar surface area (TPSA) is 52.9 Å². The Labute approximate surface area is 108 Å². The van der Waals surface area contributed by atoms with Gasteiger partial charge in [0.15, 0.2) is 0 Å². The van der Waals surface area contributed by atoms with Crippen LogP contribution in [0.2, 0.25) is 0 Å². The number of aromatic hydroxyl groups is 1. The van der Waals surface area contributed by atoms with Crippen LogP contribution in [-0.4, -0.2) is 40.9 Å². The highest BCUT2D eigenvalue weighted by Crippen LogP contribution is 2.32. The molecule has 100 valence electrons. The number of hydrogen-bond acceptors (Lipinski definition) is 4. The summed E-state index contributed by atoms with van der Waals surface area (Å²) in [7, 11) is 0. The van der Waals surface area contributed by atoms with Gasteiger partial charge in [-0.1, -0.05) is 26.0 Å². The molecule has 1 saturated heterocycles. The van der Waals surface area contributed by atoms with Gasteiger partial charge < -0.3 is 14.9 Å². The fourth-order valence-electron chi connectivity index (χ4n) is 2.38. The third kappa shape index (κ3) is 3.02. The summed E-state index contributed by atoms with van der Waals surface area (Å²) >= 11 is 0. The largest absolute Gasteiger partial charge is 0.508 e. The van der Waals surface area contributed by atoms with E-state index in [1.165, 1.54) is 0 Å². The Kier molecular flexibility index (Phi) is 4.22. The standard InChI is InChI=1S/C14H21NO3/c1-10(2)7-15-8-13(9-16)18-14(15)11-4-3-5-12(17)6-11/h3-6,10,13-14,16-17H,7-9H2,1-2H3. The Bertz CT molecular complexity index is 394. The van der Waals surface area contributed by atoms with Gasteiger partial charge in [0, 0.05) is 13.1 Å². The molecule has 0 radical (unpaired) electrons. The second kappa shape index (κ2) is 5.69. The van der Waals surface area contributed by atoms with Crippen molar-refractivity contribution in [3.63, 3.8) is 0 Å². The number of nitrogens with zero attached hydrogens (tertiary/aromatic N) is 1. The number of rotatable bonds is 4. The van der Waals surface area contributed by atoms with Crippen molar-refractivity contribution < 1.29 is 14.9 Å². The highest BCUT2D eigenvalue weighted by molar-refractivity contribution is 5.29. The minimum absolute atomic E-state index is 0.0317. The molecule has 1 aromatic carbocycles. The lowest BCUT2D eigenvalue weighted by molar-refractivity contribution is -0.0219. The minimum Gasteiger partial charge on any atom is -0.508 e. The van der Waals surface area contributed by atoms with E-state index in [0.29, 0.717) is 5.92 Å². The van der Waals surface area contributed by atoms with E-state index in [1.54, 1.807) is 12.1 Å². The Morgan fingerprint density at radius 2 is 2.22 bits per heavy atom. The molecule has 1 aromatic rings. The second-order valence-corrected chi connectivity index (χ2v) is 5.24. The number of ether oxygens (including phenoxy) is 1. The molecule has 0 aliphatic carbocycles. The molecule has 1 aliphatic rings. The van der Waals surface area contributed by atoms with Crippen molar-refractivity contribution in [2.45, 2.75) is 26.2 Å². The summed E-state index contributed by atoms with van der Waals surface area (Å²) in [5.74, 6) is 0.777. The van der Waals surface area contributed by atoms with Gasteiger partial charge in [-0.2, -0.15) is 0 Å². The van der Waals surface area contributed by atoms with E-state index >= 15 is 0 Å². The molecule has 4 nitrogen and oxygen atoms in total. The first-order chi connectivity index (χ1) is 8.60. The molecule has 1 heterocycles. The monoisotopic (exact) mass is 251 g/mol. The quantitative estimate of drug-likeness (QED) is 0.856. The van der Waals surface area contributed by atoms with Crippen LogP contribution in [0.5, 0.6) is 5.75 Å². The average molecular weight is 251 g/mol. The summed E-state index contributed by atoms with van der Waals surface area (Å²) in [5.41, 5.74) is 0.937. The lowest BCUT2D eigenvalue weighted by atomic mass is 10.1. The van der Waals surface area contributed by atoms with Crippen molar-refractivity contribution >= 4 is 0 Å². The van der Waals surface area contributed by atoms with Crippen molar-refractivity contribution in [1.82, 2.24) is 4.90 Å². The Morgan fingerprint density at radius 3 is 2.83 bits per heavy atom. The number of phenols is 1. The third-order valence-electron chi connectivity index (χ3n) is 3.05. The highest BCUT2D eigenvalue weighted by atomic mass is 16.5. The fourth-order valence-corrected chi connectivity index (χ4v) is 2.38. The molecule has 0 aromatic heterocycles. The molecular formula is C14H21NO3. The summed E-state index contributed by atoms with van der Waals surface area (Å²) in [6.07, 6.45) is -0.312. The van der Waals surface area contributed by atoms with Gasteiger partial charge in [-0.3, -0.25) is 4.90 Å². The zero-order valence-corrected chi connectivity index (χ0v) is 10.9. The number of phenolic OH excluding ortho intramolecular Hbond substituents is 1. The zero-order chi connectivity index (χ0) is 13.1. The van der Waals surface area contributed by atoms with E-state index in [1.807, 2.05) is 12.1 Å². The van der Waals surface area contributed by atoms with E-state index in [0.717, 1.165) is 18.7 Å². The maximum atomic E-state index is 9.54. The molecule has 0 bridgehead atoms. The lowest BCUT2D eigenvalue weighted by Gasteiger charge is -2.24. The summed E-state index contributed by atoms with van der Waals surface area (Å²) in [6, 6.07) is 7.12. The van der Waals surface area contributed by atoms with Crippen LogP contribution in [-0.2, 0) is 4.74 Å². The molecule has 0 amide bonds. The number of hydrogen-bond donors (Lipinski definition) is 2. The zero-order valence-electron chi connectivity index (χ0n) is 10.9. The molecule has 2 unspecified atom stereocenters. The van der Waals surface area contributed by atoms with Gasteiger partial charge in [-0.25, -0.2) is 0 Å². The number of benzene rings is 1. The molecule has 0 saturated carbocycles. The van der Waals surface area contributed by atoms with Gasteiger partial charge in [-0.15, -0.1) is 0 Å². The smallest absolute Gasteiger partial charge is 0.137 e. The van der Waals surface area contributed by atoms with E-state index in [2.05, 4.69) is 18.7 Å².